The SMILES string of the molecule is CC(C)[C@H]1N[C@]2(C(=O)Nc3ccccc32)[C@@H]2C(=O)N(C(C)(C)C)C(=O)[C@H]12. The quantitative estimate of drug-likeness (QED) is 0.754. The van der Waals surface area contributed by atoms with E-state index < -0.39 is 22.9 Å². The van der Waals surface area contributed by atoms with Gasteiger partial charge in [0.15, 0.2) is 0 Å². The molecule has 0 unspecified atom stereocenters. The lowest BCUT2D eigenvalue weighted by Crippen LogP contribution is -2.56. The predicted octanol–water partition coefficient (Wildman–Crippen LogP) is 1.86. The smallest absolute Gasteiger partial charge is 0.250 e. The van der Waals surface area contributed by atoms with Gasteiger partial charge in [0.05, 0.1) is 11.8 Å². The molecule has 2 fully saturated rings. The Labute approximate surface area is 153 Å². The van der Waals surface area contributed by atoms with E-state index in [9.17, 15) is 14.4 Å². The zero-order valence-electron chi connectivity index (χ0n) is 15.8. The highest BCUT2D eigenvalue weighted by Gasteiger charge is 2.71. The zero-order chi connectivity index (χ0) is 19.0. The zero-order valence-corrected chi connectivity index (χ0v) is 15.8. The van der Waals surface area contributed by atoms with Crippen LogP contribution in [-0.4, -0.2) is 34.2 Å². The van der Waals surface area contributed by atoms with Crippen LogP contribution in [0.5, 0.6) is 0 Å². The Bertz CT molecular complexity index is 826. The van der Waals surface area contributed by atoms with Crippen LogP contribution in [0.4, 0.5) is 5.69 Å². The van der Waals surface area contributed by atoms with Gasteiger partial charge in [-0.3, -0.25) is 24.6 Å². The summed E-state index contributed by atoms with van der Waals surface area (Å²) in [5, 5.41) is 6.33. The van der Waals surface area contributed by atoms with Crippen molar-refractivity contribution >= 4 is 23.4 Å². The molecule has 4 rings (SSSR count). The summed E-state index contributed by atoms with van der Waals surface area (Å²) >= 11 is 0. The summed E-state index contributed by atoms with van der Waals surface area (Å²) in [6, 6.07) is 7.19. The first kappa shape index (κ1) is 17.2. The summed E-state index contributed by atoms with van der Waals surface area (Å²) in [4.78, 5) is 41.2. The number of carbonyl (C=O) groups is 3. The maximum atomic E-state index is 13.4. The third-order valence-electron chi connectivity index (χ3n) is 5.95. The number of hydrogen-bond acceptors (Lipinski definition) is 4. The van der Waals surface area contributed by atoms with Crippen LogP contribution in [0.15, 0.2) is 24.3 Å². The Morgan fingerprint density at radius 2 is 1.73 bits per heavy atom. The Morgan fingerprint density at radius 1 is 1.08 bits per heavy atom. The molecule has 1 aromatic carbocycles. The number of benzene rings is 1. The molecule has 3 aliphatic heterocycles. The van der Waals surface area contributed by atoms with Gasteiger partial charge in [-0.15, -0.1) is 0 Å². The third kappa shape index (κ3) is 1.93. The molecule has 2 N–H and O–H groups in total. The van der Waals surface area contributed by atoms with Gasteiger partial charge in [-0.1, -0.05) is 32.0 Å². The molecule has 2 saturated heterocycles. The maximum absolute atomic E-state index is 13.4. The molecule has 1 aromatic rings. The van der Waals surface area contributed by atoms with Crippen molar-refractivity contribution in [2.45, 2.75) is 51.7 Å². The fourth-order valence-electron chi connectivity index (χ4n) is 4.92. The maximum Gasteiger partial charge on any atom is 0.250 e. The van der Waals surface area contributed by atoms with Gasteiger partial charge >= 0.3 is 0 Å². The molecule has 3 aliphatic rings. The van der Waals surface area contributed by atoms with Crippen molar-refractivity contribution in [3.63, 3.8) is 0 Å². The summed E-state index contributed by atoms with van der Waals surface area (Å²) in [6.07, 6.45) is 0. The van der Waals surface area contributed by atoms with Crippen molar-refractivity contribution in [2.24, 2.45) is 17.8 Å². The lowest BCUT2D eigenvalue weighted by atomic mass is 9.76. The molecule has 26 heavy (non-hydrogen) atoms. The lowest BCUT2D eigenvalue weighted by molar-refractivity contribution is -0.148. The number of imide groups is 1. The summed E-state index contributed by atoms with van der Waals surface area (Å²) in [7, 11) is 0. The monoisotopic (exact) mass is 355 g/mol. The molecule has 0 bridgehead atoms. The van der Waals surface area contributed by atoms with Gasteiger partial charge in [0.25, 0.3) is 0 Å². The summed E-state index contributed by atoms with van der Waals surface area (Å²) in [5.41, 5.74) is -0.318. The van der Waals surface area contributed by atoms with Gasteiger partial charge in [0, 0.05) is 22.8 Å². The molecular formula is C20H25N3O3. The number of anilines is 1. The Morgan fingerprint density at radius 3 is 2.35 bits per heavy atom. The molecule has 138 valence electrons. The van der Waals surface area contributed by atoms with E-state index >= 15 is 0 Å². The average Bonchev–Trinajstić information content (AvgIpc) is 3.12. The Kier molecular flexibility index (Phi) is 3.42. The van der Waals surface area contributed by atoms with Gasteiger partial charge in [0.2, 0.25) is 17.7 Å². The van der Waals surface area contributed by atoms with Crippen LogP contribution in [-0.2, 0) is 19.9 Å². The fraction of sp³-hybridized carbons (Fsp3) is 0.550. The second kappa shape index (κ2) is 5.16. The van der Waals surface area contributed by atoms with Crippen molar-refractivity contribution in [2.75, 3.05) is 5.32 Å². The summed E-state index contributed by atoms with van der Waals surface area (Å²) < 4.78 is 0. The van der Waals surface area contributed by atoms with Crippen molar-refractivity contribution in [1.29, 1.82) is 0 Å². The molecule has 1 spiro atoms. The molecule has 0 aliphatic carbocycles. The molecule has 4 atom stereocenters. The predicted molar refractivity (Wildman–Crippen MR) is 97.1 cm³/mol. The molecule has 3 amide bonds. The minimum absolute atomic E-state index is 0.110. The van der Waals surface area contributed by atoms with Crippen molar-refractivity contribution in [1.82, 2.24) is 10.2 Å². The van der Waals surface area contributed by atoms with Crippen LogP contribution in [0.3, 0.4) is 0 Å². The first-order valence-electron chi connectivity index (χ1n) is 9.17. The second-order valence-electron chi connectivity index (χ2n) is 8.91. The Hall–Kier alpha value is -2.21. The first-order chi connectivity index (χ1) is 12.1. The van der Waals surface area contributed by atoms with Crippen molar-refractivity contribution in [3.05, 3.63) is 29.8 Å². The molecule has 6 heteroatoms. The minimum atomic E-state index is -1.18. The van der Waals surface area contributed by atoms with E-state index in [0.717, 1.165) is 5.56 Å². The van der Waals surface area contributed by atoms with Crippen LogP contribution in [0.2, 0.25) is 0 Å². The van der Waals surface area contributed by atoms with E-state index in [4.69, 9.17) is 0 Å². The minimum Gasteiger partial charge on any atom is -0.324 e. The molecular weight excluding hydrogens is 330 g/mol. The first-order valence-corrected chi connectivity index (χ1v) is 9.17. The van der Waals surface area contributed by atoms with Crippen LogP contribution < -0.4 is 10.6 Å². The number of nitrogens with zero attached hydrogens (tertiary/aromatic N) is 1. The van der Waals surface area contributed by atoms with Crippen LogP contribution >= 0.6 is 0 Å². The largest absolute Gasteiger partial charge is 0.324 e. The summed E-state index contributed by atoms with van der Waals surface area (Å²) in [6.45, 7) is 9.61. The van der Waals surface area contributed by atoms with E-state index in [1.807, 2.05) is 58.9 Å². The topological polar surface area (TPSA) is 78.5 Å². The highest BCUT2D eigenvalue weighted by molar-refractivity contribution is 6.15. The Balaban J connectivity index is 1.93. The standard InChI is InChI=1S/C20H25N3O3/c1-10(2)15-13-14(17(25)23(16(13)24)19(3,4)5)20(22-15)11-8-6-7-9-12(11)21-18(20)26/h6-10,13-15,22H,1-5H3,(H,21,26)/t13-,14-,15+,20-/m0/s1. The average molecular weight is 355 g/mol. The molecule has 0 aromatic heterocycles. The second-order valence-corrected chi connectivity index (χ2v) is 8.91. The normalized spacial score (nSPS) is 33.2. The highest BCUT2D eigenvalue weighted by Crippen LogP contribution is 2.54. The van der Waals surface area contributed by atoms with Crippen LogP contribution in [0, 0.1) is 17.8 Å². The van der Waals surface area contributed by atoms with Gasteiger partial charge in [-0.2, -0.15) is 0 Å². The number of fused-ring (bicyclic) bond motifs is 4. The molecule has 3 heterocycles. The van der Waals surface area contributed by atoms with Gasteiger partial charge in [-0.05, 0) is 32.8 Å². The number of rotatable bonds is 1. The third-order valence-corrected chi connectivity index (χ3v) is 5.95. The van der Waals surface area contributed by atoms with E-state index in [1.165, 1.54) is 4.90 Å². The lowest BCUT2D eigenvalue weighted by Gasteiger charge is -2.35. The van der Waals surface area contributed by atoms with Crippen LogP contribution in [0.25, 0.3) is 0 Å². The number of amides is 3. The van der Waals surface area contributed by atoms with Gasteiger partial charge in [0.1, 0.15) is 5.54 Å². The van der Waals surface area contributed by atoms with E-state index in [2.05, 4.69) is 10.6 Å². The molecule has 0 radical (unpaired) electrons. The van der Waals surface area contributed by atoms with Crippen LogP contribution in [0.1, 0.15) is 40.2 Å². The number of likely N-dealkylation sites (tertiary alicyclic amines) is 1. The number of nitrogens with one attached hydrogen (secondary N) is 2. The molecule has 6 nitrogen and oxygen atoms in total. The fourth-order valence-corrected chi connectivity index (χ4v) is 4.92. The van der Waals surface area contributed by atoms with E-state index in [0.29, 0.717) is 5.69 Å². The summed E-state index contributed by atoms with van der Waals surface area (Å²) in [5.74, 6) is -1.81. The number of hydrogen-bond donors (Lipinski definition) is 2. The van der Waals surface area contributed by atoms with Gasteiger partial charge in [-0.25, -0.2) is 0 Å². The number of para-hydroxylation sites is 1. The number of carbonyl (C=O) groups excluding carboxylic acids is 3. The van der Waals surface area contributed by atoms with Gasteiger partial charge < -0.3 is 5.32 Å². The van der Waals surface area contributed by atoms with E-state index in [1.54, 1.807) is 0 Å². The highest BCUT2D eigenvalue weighted by atomic mass is 16.2. The van der Waals surface area contributed by atoms with E-state index in [-0.39, 0.29) is 29.7 Å². The molecule has 0 saturated carbocycles. The van der Waals surface area contributed by atoms with Crippen molar-refractivity contribution < 1.29 is 14.4 Å². The van der Waals surface area contributed by atoms with Crippen molar-refractivity contribution in [3.8, 4) is 0 Å².